The normalized spacial score (nSPS) is 11.6. The van der Waals surface area contributed by atoms with Crippen LogP contribution in [0.15, 0.2) is 66.7 Å². The third-order valence-electron chi connectivity index (χ3n) is 4.15. The molecule has 5 nitrogen and oxygen atoms in total. The van der Waals surface area contributed by atoms with E-state index in [4.69, 9.17) is 0 Å². The topological polar surface area (TPSA) is 70.2 Å². The van der Waals surface area contributed by atoms with Crippen molar-refractivity contribution in [2.75, 3.05) is 17.7 Å². The maximum absolute atomic E-state index is 12.5. The van der Waals surface area contributed by atoms with Gasteiger partial charge in [0.05, 0.1) is 0 Å². The third-order valence-corrected chi connectivity index (χ3v) is 4.15. The van der Waals surface area contributed by atoms with Crippen molar-refractivity contribution in [3.05, 3.63) is 72.3 Å². The first-order chi connectivity index (χ1) is 12.6. The standard InChI is InChI=1S/C21H21N3O2/c1-14(23-18-9-5-8-17(13-18)21(26)22-2)20(25)24-19-11-10-15-6-3-4-7-16(15)12-19/h3-14,23H,1-2H3,(H,22,26)(H,24,25). The molecule has 0 aliphatic rings. The summed E-state index contributed by atoms with van der Waals surface area (Å²) in [4.78, 5) is 24.2. The van der Waals surface area contributed by atoms with Crippen LogP contribution in [0.1, 0.15) is 17.3 Å². The van der Waals surface area contributed by atoms with Crippen LogP contribution in [0.4, 0.5) is 11.4 Å². The highest BCUT2D eigenvalue weighted by molar-refractivity contribution is 5.99. The highest BCUT2D eigenvalue weighted by Crippen LogP contribution is 2.19. The zero-order chi connectivity index (χ0) is 18.5. The number of fused-ring (bicyclic) bond motifs is 1. The second-order valence-corrected chi connectivity index (χ2v) is 6.08. The van der Waals surface area contributed by atoms with Gasteiger partial charge in [-0.2, -0.15) is 0 Å². The van der Waals surface area contributed by atoms with Crippen LogP contribution in [-0.2, 0) is 4.79 Å². The van der Waals surface area contributed by atoms with E-state index in [1.54, 1.807) is 32.2 Å². The molecule has 0 aliphatic carbocycles. The zero-order valence-corrected chi connectivity index (χ0v) is 14.7. The van der Waals surface area contributed by atoms with Crippen molar-refractivity contribution in [1.82, 2.24) is 5.32 Å². The summed E-state index contributed by atoms with van der Waals surface area (Å²) in [6.45, 7) is 1.78. The fraction of sp³-hybridized carbons (Fsp3) is 0.143. The molecule has 0 saturated carbocycles. The lowest BCUT2D eigenvalue weighted by molar-refractivity contribution is -0.116. The highest BCUT2D eigenvalue weighted by atomic mass is 16.2. The lowest BCUT2D eigenvalue weighted by atomic mass is 10.1. The average Bonchev–Trinajstić information content (AvgIpc) is 2.67. The summed E-state index contributed by atoms with van der Waals surface area (Å²) in [5.74, 6) is -0.312. The van der Waals surface area contributed by atoms with E-state index in [2.05, 4.69) is 16.0 Å². The van der Waals surface area contributed by atoms with Gasteiger partial charge in [-0.15, -0.1) is 0 Å². The average molecular weight is 347 g/mol. The van der Waals surface area contributed by atoms with Crippen LogP contribution in [-0.4, -0.2) is 24.9 Å². The lowest BCUT2D eigenvalue weighted by Gasteiger charge is -2.16. The predicted octanol–water partition coefficient (Wildman–Crippen LogP) is 3.64. The van der Waals surface area contributed by atoms with E-state index < -0.39 is 6.04 Å². The van der Waals surface area contributed by atoms with Gasteiger partial charge in [0.2, 0.25) is 5.91 Å². The summed E-state index contributed by atoms with van der Waals surface area (Å²) < 4.78 is 0. The molecule has 1 atom stereocenters. The first kappa shape index (κ1) is 17.5. The van der Waals surface area contributed by atoms with Gasteiger partial charge in [0, 0.05) is 24.0 Å². The van der Waals surface area contributed by atoms with Crippen LogP contribution in [0.2, 0.25) is 0 Å². The van der Waals surface area contributed by atoms with E-state index in [9.17, 15) is 9.59 Å². The predicted molar refractivity (Wildman–Crippen MR) is 105 cm³/mol. The Hall–Kier alpha value is -3.34. The van der Waals surface area contributed by atoms with Gasteiger partial charge in [0.25, 0.3) is 5.91 Å². The summed E-state index contributed by atoms with van der Waals surface area (Å²) >= 11 is 0. The monoisotopic (exact) mass is 347 g/mol. The van der Waals surface area contributed by atoms with Crippen molar-refractivity contribution in [2.45, 2.75) is 13.0 Å². The summed E-state index contributed by atoms with van der Waals surface area (Å²) in [6, 6.07) is 20.4. The van der Waals surface area contributed by atoms with Crippen molar-refractivity contribution in [3.8, 4) is 0 Å². The molecule has 3 rings (SSSR count). The molecule has 1 unspecified atom stereocenters. The molecular weight excluding hydrogens is 326 g/mol. The van der Waals surface area contributed by atoms with Gasteiger partial charge < -0.3 is 16.0 Å². The van der Waals surface area contributed by atoms with E-state index >= 15 is 0 Å². The Balaban J connectivity index is 1.68. The molecule has 3 aromatic carbocycles. The quantitative estimate of drug-likeness (QED) is 0.660. The fourth-order valence-electron chi connectivity index (χ4n) is 2.73. The van der Waals surface area contributed by atoms with Gasteiger partial charge in [-0.25, -0.2) is 0 Å². The van der Waals surface area contributed by atoms with Crippen molar-refractivity contribution in [1.29, 1.82) is 0 Å². The number of benzene rings is 3. The SMILES string of the molecule is CNC(=O)c1cccc(NC(C)C(=O)Nc2ccc3ccccc3c2)c1. The third kappa shape index (κ3) is 4.00. The second-order valence-electron chi connectivity index (χ2n) is 6.08. The van der Waals surface area contributed by atoms with Crippen LogP contribution in [0, 0.1) is 0 Å². The van der Waals surface area contributed by atoms with E-state index in [-0.39, 0.29) is 11.8 Å². The first-order valence-corrected chi connectivity index (χ1v) is 8.45. The molecule has 0 fully saturated rings. The van der Waals surface area contributed by atoms with Crippen LogP contribution in [0.3, 0.4) is 0 Å². The Morgan fingerprint density at radius 3 is 2.38 bits per heavy atom. The van der Waals surface area contributed by atoms with Gasteiger partial charge >= 0.3 is 0 Å². The van der Waals surface area contributed by atoms with E-state index in [1.165, 1.54) is 0 Å². The Kier molecular flexibility index (Phi) is 5.17. The number of hydrogen-bond acceptors (Lipinski definition) is 3. The molecule has 3 N–H and O–H groups in total. The Morgan fingerprint density at radius 2 is 1.62 bits per heavy atom. The van der Waals surface area contributed by atoms with Crippen molar-refractivity contribution < 1.29 is 9.59 Å². The highest BCUT2D eigenvalue weighted by Gasteiger charge is 2.14. The fourth-order valence-corrected chi connectivity index (χ4v) is 2.73. The van der Waals surface area contributed by atoms with Gasteiger partial charge in [-0.3, -0.25) is 9.59 Å². The molecule has 26 heavy (non-hydrogen) atoms. The molecule has 5 heteroatoms. The minimum atomic E-state index is -0.457. The van der Waals surface area contributed by atoms with E-state index in [0.717, 1.165) is 16.5 Å². The summed E-state index contributed by atoms with van der Waals surface area (Å²) in [7, 11) is 1.59. The van der Waals surface area contributed by atoms with E-state index in [1.807, 2.05) is 48.5 Å². The number of nitrogens with one attached hydrogen (secondary N) is 3. The Morgan fingerprint density at radius 1 is 0.846 bits per heavy atom. The number of anilines is 2. The van der Waals surface area contributed by atoms with Crippen LogP contribution >= 0.6 is 0 Å². The molecule has 3 aromatic rings. The van der Waals surface area contributed by atoms with Gasteiger partial charge in [0.15, 0.2) is 0 Å². The minimum Gasteiger partial charge on any atom is -0.374 e. The summed E-state index contributed by atoms with van der Waals surface area (Å²) in [5, 5.41) is 10.8. The molecular formula is C21H21N3O2. The number of carbonyl (C=O) groups is 2. The van der Waals surface area contributed by atoms with Crippen LogP contribution in [0.25, 0.3) is 10.8 Å². The molecule has 0 aliphatic heterocycles. The van der Waals surface area contributed by atoms with Crippen LogP contribution < -0.4 is 16.0 Å². The van der Waals surface area contributed by atoms with Crippen molar-refractivity contribution >= 4 is 34.0 Å². The zero-order valence-electron chi connectivity index (χ0n) is 14.7. The van der Waals surface area contributed by atoms with Crippen molar-refractivity contribution in [2.24, 2.45) is 0 Å². The largest absolute Gasteiger partial charge is 0.374 e. The number of amides is 2. The number of carbonyl (C=O) groups excluding carboxylic acids is 2. The number of hydrogen-bond donors (Lipinski definition) is 3. The van der Waals surface area contributed by atoms with Gasteiger partial charge in [-0.1, -0.05) is 36.4 Å². The molecule has 0 spiro atoms. The van der Waals surface area contributed by atoms with Gasteiger partial charge in [-0.05, 0) is 48.0 Å². The number of rotatable bonds is 5. The molecule has 0 heterocycles. The van der Waals surface area contributed by atoms with E-state index in [0.29, 0.717) is 11.3 Å². The summed E-state index contributed by atoms with van der Waals surface area (Å²) in [6.07, 6.45) is 0. The van der Waals surface area contributed by atoms with Crippen LogP contribution in [0.5, 0.6) is 0 Å². The smallest absolute Gasteiger partial charge is 0.251 e. The molecule has 0 aromatic heterocycles. The van der Waals surface area contributed by atoms with Crippen molar-refractivity contribution in [3.63, 3.8) is 0 Å². The Labute approximate surface area is 152 Å². The second kappa shape index (κ2) is 7.70. The Bertz CT molecular complexity index is 953. The van der Waals surface area contributed by atoms with Gasteiger partial charge in [0.1, 0.15) is 6.04 Å². The maximum Gasteiger partial charge on any atom is 0.251 e. The molecule has 0 saturated heterocycles. The first-order valence-electron chi connectivity index (χ1n) is 8.45. The lowest BCUT2D eigenvalue weighted by Crippen LogP contribution is -2.32. The summed E-state index contributed by atoms with van der Waals surface area (Å²) in [5.41, 5.74) is 2.01. The molecule has 2 amide bonds. The minimum absolute atomic E-state index is 0.148. The molecule has 0 bridgehead atoms. The molecule has 0 radical (unpaired) electrons. The molecule has 132 valence electrons. The maximum atomic E-state index is 12.5.